The molecular weight excluding hydrogens is 226 g/mol. The van der Waals surface area contributed by atoms with Gasteiger partial charge in [0, 0.05) is 19.7 Å². The molecule has 0 saturated carbocycles. The molecule has 0 amide bonds. The van der Waals surface area contributed by atoms with Crippen LogP contribution in [0, 0.1) is 18.3 Å². The highest BCUT2D eigenvalue weighted by Gasteiger charge is 2.21. The number of anilines is 1. The van der Waals surface area contributed by atoms with Crippen molar-refractivity contribution in [1.82, 2.24) is 14.6 Å². The van der Waals surface area contributed by atoms with Crippen LogP contribution in [-0.4, -0.2) is 28.7 Å². The molecule has 2 rings (SSSR count). The Morgan fingerprint density at radius 2 is 2.06 bits per heavy atom. The van der Waals surface area contributed by atoms with Crippen molar-refractivity contribution in [2.45, 2.75) is 26.7 Å². The minimum atomic E-state index is 0.322. The zero-order valence-corrected chi connectivity index (χ0v) is 11.4. The van der Waals surface area contributed by atoms with E-state index in [-0.39, 0.29) is 0 Å². The average Bonchev–Trinajstić information content (AvgIpc) is 2.74. The van der Waals surface area contributed by atoms with E-state index < -0.39 is 0 Å². The molecular formula is C13H17N5. The predicted octanol–water partition coefficient (Wildman–Crippen LogP) is 2.10. The van der Waals surface area contributed by atoms with Gasteiger partial charge in [-0.05, 0) is 18.4 Å². The van der Waals surface area contributed by atoms with Crippen LogP contribution in [0.1, 0.15) is 36.5 Å². The Morgan fingerprint density at radius 1 is 1.39 bits per heavy atom. The number of pyridine rings is 1. The van der Waals surface area contributed by atoms with Gasteiger partial charge in [0.1, 0.15) is 23.8 Å². The van der Waals surface area contributed by atoms with E-state index in [0.29, 0.717) is 17.1 Å². The average molecular weight is 243 g/mol. The van der Waals surface area contributed by atoms with Crippen molar-refractivity contribution in [3.8, 4) is 6.07 Å². The van der Waals surface area contributed by atoms with Gasteiger partial charge in [-0.1, -0.05) is 13.8 Å². The summed E-state index contributed by atoms with van der Waals surface area (Å²) in [7, 11) is 3.96. The minimum Gasteiger partial charge on any atom is -0.362 e. The quantitative estimate of drug-likeness (QED) is 0.810. The van der Waals surface area contributed by atoms with Gasteiger partial charge in [-0.2, -0.15) is 14.9 Å². The number of hydrogen-bond acceptors (Lipinski definition) is 4. The highest BCUT2D eigenvalue weighted by molar-refractivity contribution is 5.68. The molecule has 0 saturated heterocycles. The minimum absolute atomic E-state index is 0.322. The molecule has 0 fully saturated rings. The maximum Gasteiger partial charge on any atom is 0.175 e. The van der Waals surface area contributed by atoms with Gasteiger partial charge in [-0.3, -0.25) is 0 Å². The maximum absolute atomic E-state index is 9.33. The molecule has 0 aliphatic rings. The Morgan fingerprint density at radius 3 is 2.56 bits per heavy atom. The summed E-state index contributed by atoms with van der Waals surface area (Å²) in [5.41, 5.74) is 3.39. The predicted molar refractivity (Wildman–Crippen MR) is 70.9 cm³/mol. The molecule has 0 radical (unpaired) electrons. The molecule has 0 N–H and O–H groups in total. The number of hydrogen-bond donors (Lipinski definition) is 0. The second-order valence-electron chi connectivity index (χ2n) is 4.89. The summed E-state index contributed by atoms with van der Waals surface area (Å²) in [6.07, 6.45) is 1.49. The molecule has 94 valence electrons. The second kappa shape index (κ2) is 4.30. The van der Waals surface area contributed by atoms with Crippen LogP contribution in [0.5, 0.6) is 0 Å². The fourth-order valence-corrected chi connectivity index (χ4v) is 2.41. The van der Waals surface area contributed by atoms with Crippen molar-refractivity contribution < 1.29 is 0 Å². The zero-order valence-electron chi connectivity index (χ0n) is 11.4. The third-order valence-electron chi connectivity index (χ3n) is 3.10. The van der Waals surface area contributed by atoms with Crippen molar-refractivity contribution in [2.75, 3.05) is 19.0 Å². The lowest BCUT2D eigenvalue weighted by atomic mass is 9.95. The lowest BCUT2D eigenvalue weighted by molar-refractivity contribution is 0.807. The summed E-state index contributed by atoms with van der Waals surface area (Å²) in [5.74, 6) is 1.32. The number of fused-ring (bicyclic) bond motifs is 1. The highest BCUT2D eigenvalue weighted by Crippen LogP contribution is 2.32. The summed E-state index contributed by atoms with van der Waals surface area (Å²) < 4.78 is 1.75. The highest BCUT2D eigenvalue weighted by atomic mass is 15.4. The first kappa shape index (κ1) is 12.4. The van der Waals surface area contributed by atoms with E-state index in [9.17, 15) is 5.26 Å². The Kier molecular flexibility index (Phi) is 2.95. The van der Waals surface area contributed by atoms with Crippen LogP contribution >= 0.6 is 0 Å². The largest absolute Gasteiger partial charge is 0.362 e. The Balaban J connectivity index is 3.00. The first-order valence-corrected chi connectivity index (χ1v) is 5.92. The van der Waals surface area contributed by atoms with Crippen LogP contribution in [0.2, 0.25) is 0 Å². The maximum atomic E-state index is 9.33. The van der Waals surface area contributed by atoms with E-state index in [1.807, 2.05) is 25.9 Å². The van der Waals surface area contributed by atoms with Crippen LogP contribution in [0.15, 0.2) is 6.33 Å². The van der Waals surface area contributed by atoms with Gasteiger partial charge < -0.3 is 4.90 Å². The van der Waals surface area contributed by atoms with Crippen LogP contribution in [-0.2, 0) is 0 Å². The van der Waals surface area contributed by atoms with Crippen molar-refractivity contribution in [3.63, 3.8) is 0 Å². The molecule has 0 atom stereocenters. The van der Waals surface area contributed by atoms with Crippen molar-refractivity contribution in [2.24, 2.45) is 0 Å². The lowest BCUT2D eigenvalue weighted by Gasteiger charge is -2.23. The summed E-state index contributed by atoms with van der Waals surface area (Å²) in [6.45, 7) is 6.23. The van der Waals surface area contributed by atoms with E-state index in [1.165, 1.54) is 6.33 Å². The van der Waals surface area contributed by atoms with E-state index in [1.54, 1.807) is 4.52 Å². The Bertz CT molecular complexity index is 631. The molecule has 0 aliphatic carbocycles. The van der Waals surface area contributed by atoms with Gasteiger partial charge in [0.05, 0.1) is 0 Å². The van der Waals surface area contributed by atoms with E-state index in [4.69, 9.17) is 0 Å². The Hall–Kier alpha value is -2.09. The first-order chi connectivity index (χ1) is 8.49. The number of aromatic nitrogens is 3. The molecule has 0 unspecified atom stereocenters. The molecule has 18 heavy (non-hydrogen) atoms. The summed E-state index contributed by atoms with van der Waals surface area (Å²) in [4.78, 5) is 6.22. The molecule has 0 aliphatic heterocycles. The fourth-order valence-electron chi connectivity index (χ4n) is 2.41. The van der Waals surface area contributed by atoms with Gasteiger partial charge in [0.15, 0.2) is 5.65 Å². The SMILES string of the molecule is Cc1c(C(C)C)c(N(C)C)n2ncnc2c1C#N. The van der Waals surface area contributed by atoms with Crippen LogP contribution < -0.4 is 4.90 Å². The fraction of sp³-hybridized carbons (Fsp3) is 0.462. The molecule has 0 spiro atoms. The molecule has 2 aromatic heterocycles. The molecule has 2 heterocycles. The van der Waals surface area contributed by atoms with Gasteiger partial charge in [-0.15, -0.1) is 0 Å². The summed E-state index contributed by atoms with van der Waals surface area (Å²) in [6, 6.07) is 2.24. The third kappa shape index (κ3) is 1.61. The third-order valence-corrected chi connectivity index (χ3v) is 3.10. The molecule has 2 aromatic rings. The Labute approximate surface area is 107 Å². The second-order valence-corrected chi connectivity index (χ2v) is 4.89. The van der Waals surface area contributed by atoms with Crippen LogP contribution in [0.25, 0.3) is 5.65 Å². The number of nitrogens with zero attached hydrogens (tertiary/aromatic N) is 5. The van der Waals surface area contributed by atoms with Crippen molar-refractivity contribution in [1.29, 1.82) is 5.26 Å². The van der Waals surface area contributed by atoms with E-state index in [0.717, 1.165) is 16.9 Å². The number of nitriles is 1. The topological polar surface area (TPSA) is 57.2 Å². The monoisotopic (exact) mass is 243 g/mol. The van der Waals surface area contributed by atoms with Gasteiger partial charge in [0.2, 0.25) is 0 Å². The van der Waals surface area contributed by atoms with Crippen molar-refractivity contribution >= 4 is 11.5 Å². The molecule has 5 nitrogen and oxygen atoms in total. The zero-order chi connectivity index (χ0) is 13.4. The summed E-state index contributed by atoms with van der Waals surface area (Å²) >= 11 is 0. The van der Waals surface area contributed by atoms with Gasteiger partial charge >= 0.3 is 0 Å². The van der Waals surface area contributed by atoms with Crippen LogP contribution in [0.3, 0.4) is 0 Å². The van der Waals surface area contributed by atoms with Crippen LogP contribution in [0.4, 0.5) is 5.82 Å². The van der Waals surface area contributed by atoms with E-state index in [2.05, 4.69) is 30.0 Å². The first-order valence-electron chi connectivity index (χ1n) is 5.92. The summed E-state index contributed by atoms with van der Waals surface area (Å²) in [5, 5.41) is 13.6. The van der Waals surface area contributed by atoms with Gasteiger partial charge in [0.25, 0.3) is 0 Å². The molecule has 0 aromatic carbocycles. The smallest absolute Gasteiger partial charge is 0.175 e. The molecule has 0 bridgehead atoms. The van der Waals surface area contributed by atoms with Crippen molar-refractivity contribution in [3.05, 3.63) is 23.0 Å². The normalized spacial score (nSPS) is 10.9. The lowest BCUT2D eigenvalue weighted by Crippen LogP contribution is -2.19. The van der Waals surface area contributed by atoms with Gasteiger partial charge in [-0.25, -0.2) is 4.98 Å². The standard InChI is InChI=1S/C13H17N5/c1-8(2)11-9(3)10(6-14)12-15-7-16-18(12)13(11)17(4)5/h7-8H,1-5H3. The van der Waals surface area contributed by atoms with E-state index >= 15 is 0 Å². The number of rotatable bonds is 2. The molecule has 5 heteroatoms.